The SMILES string of the molecule is CN(Cc1ccccc1F)C(=O)CC(C)(C)C(=O)O. The van der Waals surface area contributed by atoms with Crippen molar-refractivity contribution in [2.24, 2.45) is 5.41 Å². The Morgan fingerprint density at radius 2 is 1.89 bits per heavy atom. The van der Waals surface area contributed by atoms with Crippen LogP contribution in [0.25, 0.3) is 0 Å². The van der Waals surface area contributed by atoms with Gasteiger partial charge in [-0.15, -0.1) is 0 Å². The van der Waals surface area contributed by atoms with Gasteiger partial charge in [-0.05, 0) is 19.9 Å². The minimum absolute atomic E-state index is 0.118. The van der Waals surface area contributed by atoms with E-state index in [1.165, 1.54) is 31.9 Å². The van der Waals surface area contributed by atoms with Crippen molar-refractivity contribution in [3.63, 3.8) is 0 Å². The van der Waals surface area contributed by atoms with Gasteiger partial charge in [0, 0.05) is 25.6 Å². The number of carboxylic acids is 1. The summed E-state index contributed by atoms with van der Waals surface area (Å²) in [7, 11) is 1.53. The molecule has 1 aromatic carbocycles. The van der Waals surface area contributed by atoms with Gasteiger partial charge in [-0.1, -0.05) is 18.2 Å². The van der Waals surface area contributed by atoms with E-state index in [4.69, 9.17) is 5.11 Å². The molecule has 1 N–H and O–H groups in total. The van der Waals surface area contributed by atoms with Crippen LogP contribution in [0.2, 0.25) is 0 Å². The number of carboxylic acid groups (broad SMARTS) is 1. The van der Waals surface area contributed by atoms with Gasteiger partial charge in [0.15, 0.2) is 0 Å². The Bertz CT molecular complexity index is 485. The lowest BCUT2D eigenvalue weighted by atomic mass is 9.89. The molecule has 0 saturated carbocycles. The quantitative estimate of drug-likeness (QED) is 0.890. The smallest absolute Gasteiger partial charge is 0.309 e. The largest absolute Gasteiger partial charge is 0.481 e. The lowest BCUT2D eigenvalue weighted by molar-refractivity contribution is -0.151. The van der Waals surface area contributed by atoms with Crippen LogP contribution in [-0.4, -0.2) is 28.9 Å². The van der Waals surface area contributed by atoms with Crippen molar-refractivity contribution in [3.05, 3.63) is 35.6 Å². The predicted molar refractivity (Wildman–Crippen MR) is 68.9 cm³/mol. The summed E-state index contributed by atoms with van der Waals surface area (Å²) < 4.78 is 13.4. The van der Waals surface area contributed by atoms with Crippen LogP contribution in [0.15, 0.2) is 24.3 Å². The van der Waals surface area contributed by atoms with Gasteiger partial charge in [0.1, 0.15) is 5.82 Å². The molecule has 1 amide bonds. The number of aliphatic carboxylic acids is 1. The van der Waals surface area contributed by atoms with E-state index in [-0.39, 0.29) is 24.7 Å². The number of carbonyl (C=O) groups excluding carboxylic acids is 1. The fourth-order valence-electron chi connectivity index (χ4n) is 1.56. The number of carbonyl (C=O) groups is 2. The zero-order chi connectivity index (χ0) is 14.6. The Labute approximate surface area is 111 Å². The highest BCUT2D eigenvalue weighted by Crippen LogP contribution is 2.22. The van der Waals surface area contributed by atoms with Crippen LogP contribution in [-0.2, 0) is 16.1 Å². The fraction of sp³-hybridized carbons (Fsp3) is 0.429. The molecule has 0 bridgehead atoms. The van der Waals surface area contributed by atoms with E-state index >= 15 is 0 Å². The maximum Gasteiger partial charge on any atom is 0.309 e. The number of amides is 1. The first kappa shape index (κ1) is 15.1. The lowest BCUT2D eigenvalue weighted by Gasteiger charge is -2.23. The van der Waals surface area contributed by atoms with E-state index in [1.807, 2.05) is 0 Å². The second-order valence-corrected chi connectivity index (χ2v) is 5.21. The highest BCUT2D eigenvalue weighted by Gasteiger charge is 2.31. The maximum atomic E-state index is 13.4. The summed E-state index contributed by atoms with van der Waals surface area (Å²) in [6.07, 6.45) is -0.118. The first-order chi connectivity index (χ1) is 8.74. The van der Waals surface area contributed by atoms with Crippen molar-refractivity contribution in [2.45, 2.75) is 26.8 Å². The second kappa shape index (κ2) is 5.82. The van der Waals surface area contributed by atoms with Gasteiger partial charge in [0.2, 0.25) is 5.91 Å². The predicted octanol–water partition coefficient (Wildman–Crippen LogP) is 2.29. The molecular formula is C14H18FNO3. The zero-order valence-electron chi connectivity index (χ0n) is 11.3. The molecule has 0 radical (unpaired) electrons. The summed E-state index contributed by atoms with van der Waals surface area (Å²) in [6, 6.07) is 6.20. The molecule has 0 aromatic heterocycles. The van der Waals surface area contributed by atoms with Crippen molar-refractivity contribution < 1.29 is 19.1 Å². The standard InChI is InChI=1S/C14H18FNO3/c1-14(2,13(18)19)8-12(17)16(3)9-10-6-4-5-7-11(10)15/h4-7H,8-9H2,1-3H3,(H,18,19). The maximum absolute atomic E-state index is 13.4. The van der Waals surface area contributed by atoms with Crippen molar-refractivity contribution in [1.82, 2.24) is 4.90 Å². The topological polar surface area (TPSA) is 57.6 Å². The first-order valence-corrected chi connectivity index (χ1v) is 5.95. The summed E-state index contributed by atoms with van der Waals surface area (Å²) >= 11 is 0. The summed E-state index contributed by atoms with van der Waals surface area (Å²) in [5.74, 6) is -1.73. The Hall–Kier alpha value is -1.91. The Morgan fingerprint density at radius 1 is 1.32 bits per heavy atom. The molecule has 0 spiro atoms. The monoisotopic (exact) mass is 267 g/mol. The zero-order valence-corrected chi connectivity index (χ0v) is 11.3. The van der Waals surface area contributed by atoms with Crippen LogP contribution in [0.3, 0.4) is 0 Å². The van der Waals surface area contributed by atoms with Gasteiger partial charge in [0.25, 0.3) is 0 Å². The van der Waals surface area contributed by atoms with Crippen LogP contribution in [0, 0.1) is 11.2 Å². The van der Waals surface area contributed by atoms with E-state index < -0.39 is 11.4 Å². The Morgan fingerprint density at radius 3 is 2.42 bits per heavy atom. The molecule has 0 fully saturated rings. The highest BCUT2D eigenvalue weighted by atomic mass is 19.1. The molecule has 0 heterocycles. The average molecular weight is 267 g/mol. The second-order valence-electron chi connectivity index (χ2n) is 5.21. The first-order valence-electron chi connectivity index (χ1n) is 5.95. The molecule has 19 heavy (non-hydrogen) atoms. The molecule has 1 aromatic rings. The van der Waals surface area contributed by atoms with Crippen molar-refractivity contribution >= 4 is 11.9 Å². The Balaban J connectivity index is 2.69. The molecule has 0 aliphatic carbocycles. The third kappa shape index (κ3) is 4.05. The van der Waals surface area contributed by atoms with Crippen LogP contribution < -0.4 is 0 Å². The average Bonchev–Trinajstić information content (AvgIpc) is 2.31. The number of rotatable bonds is 5. The summed E-state index contributed by atoms with van der Waals surface area (Å²) in [5, 5.41) is 8.98. The van der Waals surface area contributed by atoms with Crippen LogP contribution in [0.1, 0.15) is 25.8 Å². The molecule has 0 atom stereocenters. The molecular weight excluding hydrogens is 249 g/mol. The number of hydrogen-bond donors (Lipinski definition) is 1. The molecule has 0 aliphatic rings. The summed E-state index contributed by atoms with van der Waals surface area (Å²) in [4.78, 5) is 24.2. The molecule has 0 saturated heterocycles. The highest BCUT2D eigenvalue weighted by molar-refractivity contribution is 5.84. The van der Waals surface area contributed by atoms with Crippen LogP contribution in [0.5, 0.6) is 0 Å². The van der Waals surface area contributed by atoms with E-state index in [2.05, 4.69) is 0 Å². The number of benzene rings is 1. The van der Waals surface area contributed by atoms with Gasteiger partial charge in [-0.25, -0.2) is 4.39 Å². The fourth-order valence-corrected chi connectivity index (χ4v) is 1.56. The molecule has 0 unspecified atom stereocenters. The van der Waals surface area contributed by atoms with Gasteiger partial charge >= 0.3 is 5.97 Å². The van der Waals surface area contributed by atoms with Gasteiger partial charge in [-0.3, -0.25) is 9.59 Å². The van der Waals surface area contributed by atoms with Crippen molar-refractivity contribution in [2.75, 3.05) is 7.05 Å². The number of nitrogens with zero attached hydrogens (tertiary/aromatic N) is 1. The van der Waals surface area contributed by atoms with Gasteiger partial charge in [-0.2, -0.15) is 0 Å². The van der Waals surface area contributed by atoms with Gasteiger partial charge in [0.05, 0.1) is 5.41 Å². The van der Waals surface area contributed by atoms with Gasteiger partial charge < -0.3 is 10.0 Å². The van der Waals surface area contributed by atoms with E-state index in [9.17, 15) is 14.0 Å². The molecule has 4 nitrogen and oxygen atoms in total. The summed E-state index contributed by atoms with van der Waals surface area (Å²) in [5.41, 5.74) is -0.716. The molecule has 5 heteroatoms. The normalized spacial score (nSPS) is 11.2. The molecule has 1 rings (SSSR count). The number of hydrogen-bond acceptors (Lipinski definition) is 2. The third-order valence-electron chi connectivity index (χ3n) is 2.96. The van der Waals surface area contributed by atoms with E-state index in [0.717, 1.165) is 0 Å². The minimum Gasteiger partial charge on any atom is -0.481 e. The van der Waals surface area contributed by atoms with Crippen molar-refractivity contribution in [1.29, 1.82) is 0 Å². The van der Waals surface area contributed by atoms with E-state index in [0.29, 0.717) is 5.56 Å². The summed E-state index contributed by atoms with van der Waals surface area (Å²) in [6.45, 7) is 3.11. The minimum atomic E-state index is -1.12. The number of halogens is 1. The van der Waals surface area contributed by atoms with Crippen molar-refractivity contribution in [3.8, 4) is 0 Å². The Kier molecular flexibility index (Phi) is 4.64. The third-order valence-corrected chi connectivity index (χ3v) is 2.96. The lowest BCUT2D eigenvalue weighted by Crippen LogP contribution is -2.34. The molecule has 0 aliphatic heterocycles. The van der Waals surface area contributed by atoms with Crippen LogP contribution >= 0.6 is 0 Å². The van der Waals surface area contributed by atoms with Crippen LogP contribution in [0.4, 0.5) is 4.39 Å². The molecule has 104 valence electrons. The van der Waals surface area contributed by atoms with E-state index in [1.54, 1.807) is 18.2 Å².